The fourth-order valence-electron chi connectivity index (χ4n) is 3.27. The molecular weight excluding hydrogens is 490 g/mol. The summed E-state index contributed by atoms with van der Waals surface area (Å²) in [6, 6.07) is 12.7. The summed E-state index contributed by atoms with van der Waals surface area (Å²) in [4.78, 5) is 25.6. The number of carbonyl (C=O) groups is 2. The standard InChI is InChI=1S/C25H20Cl2F3NO3/c1-3-34-23-13-16(22(32)12-15-4-8-21(27)19(11-15)25(28,29)30)5-7-18(23)24(33)31-17-6-9-20(26)14(2)10-17/h4-11,13H,3,12H2,1-2H3,(H,31,33). The molecule has 3 aromatic rings. The molecule has 1 N–H and O–H groups in total. The highest BCUT2D eigenvalue weighted by atomic mass is 35.5. The molecule has 4 nitrogen and oxygen atoms in total. The van der Waals surface area contributed by atoms with Gasteiger partial charge in [0.1, 0.15) is 5.75 Å². The molecule has 0 fully saturated rings. The van der Waals surface area contributed by atoms with Gasteiger partial charge in [0, 0.05) is 22.7 Å². The van der Waals surface area contributed by atoms with E-state index in [1.807, 2.05) is 6.92 Å². The van der Waals surface area contributed by atoms with Crippen molar-refractivity contribution in [2.75, 3.05) is 11.9 Å². The highest BCUT2D eigenvalue weighted by Crippen LogP contribution is 2.35. The summed E-state index contributed by atoms with van der Waals surface area (Å²) in [5.74, 6) is -0.697. The molecule has 0 unspecified atom stereocenters. The van der Waals surface area contributed by atoms with E-state index in [4.69, 9.17) is 27.9 Å². The molecule has 0 aliphatic heterocycles. The number of hydrogen-bond acceptors (Lipinski definition) is 3. The molecule has 0 saturated heterocycles. The number of benzene rings is 3. The predicted octanol–water partition coefficient (Wildman–Crippen LogP) is 7.40. The zero-order valence-electron chi connectivity index (χ0n) is 18.2. The van der Waals surface area contributed by atoms with E-state index in [1.54, 1.807) is 25.1 Å². The number of halogens is 5. The molecule has 0 aliphatic rings. The van der Waals surface area contributed by atoms with E-state index in [1.165, 1.54) is 24.3 Å². The second-order valence-corrected chi connectivity index (χ2v) is 8.29. The van der Waals surface area contributed by atoms with E-state index in [0.717, 1.165) is 17.7 Å². The van der Waals surface area contributed by atoms with E-state index in [2.05, 4.69) is 5.32 Å². The van der Waals surface area contributed by atoms with Crippen molar-refractivity contribution in [1.82, 2.24) is 0 Å². The first kappa shape index (κ1) is 25.6. The van der Waals surface area contributed by atoms with Gasteiger partial charge in [-0.15, -0.1) is 0 Å². The van der Waals surface area contributed by atoms with Crippen LogP contribution in [0.15, 0.2) is 54.6 Å². The summed E-state index contributed by atoms with van der Waals surface area (Å²) >= 11 is 11.7. The zero-order chi connectivity index (χ0) is 25.0. The van der Waals surface area contributed by atoms with Crippen LogP contribution in [0.3, 0.4) is 0 Å². The predicted molar refractivity (Wildman–Crippen MR) is 126 cm³/mol. The molecule has 0 bridgehead atoms. The molecule has 0 radical (unpaired) electrons. The summed E-state index contributed by atoms with van der Waals surface area (Å²) in [5, 5.41) is 2.89. The van der Waals surface area contributed by atoms with Gasteiger partial charge in [-0.3, -0.25) is 9.59 Å². The maximum Gasteiger partial charge on any atom is 0.417 e. The number of Topliss-reactive ketones (excluding diaryl/α,β-unsaturated/α-hetero) is 1. The minimum atomic E-state index is -4.63. The second kappa shape index (κ2) is 10.5. The molecular formula is C25H20Cl2F3NO3. The number of nitrogens with one attached hydrogen (secondary N) is 1. The number of ketones is 1. The maximum atomic E-state index is 13.1. The molecule has 3 aromatic carbocycles. The van der Waals surface area contributed by atoms with Gasteiger partial charge in [-0.05, 0) is 67.4 Å². The van der Waals surface area contributed by atoms with E-state index in [9.17, 15) is 22.8 Å². The van der Waals surface area contributed by atoms with Crippen molar-refractivity contribution in [3.63, 3.8) is 0 Å². The van der Waals surface area contributed by atoms with Crippen LogP contribution >= 0.6 is 23.2 Å². The molecule has 0 saturated carbocycles. The molecule has 178 valence electrons. The summed E-state index contributed by atoms with van der Waals surface area (Å²) in [6.07, 6.45) is -4.91. The molecule has 1 amide bonds. The Labute approximate surface area is 204 Å². The van der Waals surface area contributed by atoms with Gasteiger partial charge < -0.3 is 10.1 Å². The molecule has 34 heavy (non-hydrogen) atoms. The number of hydrogen-bond donors (Lipinski definition) is 1. The van der Waals surface area contributed by atoms with E-state index in [-0.39, 0.29) is 35.5 Å². The number of carbonyl (C=O) groups excluding carboxylic acids is 2. The average molecular weight is 510 g/mol. The highest BCUT2D eigenvalue weighted by molar-refractivity contribution is 6.31. The quantitative estimate of drug-likeness (QED) is 0.337. The van der Waals surface area contributed by atoms with Gasteiger partial charge in [0.05, 0.1) is 22.8 Å². The van der Waals surface area contributed by atoms with E-state index < -0.39 is 28.5 Å². The highest BCUT2D eigenvalue weighted by Gasteiger charge is 2.33. The van der Waals surface area contributed by atoms with Gasteiger partial charge in [0.25, 0.3) is 5.91 Å². The summed E-state index contributed by atoms with van der Waals surface area (Å²) in [7, 11) is 0. The number of ether oxygens (including phenoxy) is 1. The topological polar surface area (TPSA) is 55.4 Å². The van der Waals surface area contributed by atoms with Crippen LogP contribution in [0, 0.1) is 6.92 Å². The number of rotatable bonds is 7. The van der Waals surface area contributed by atoms with Crippen LogP contribution in [0.25, 0.3) is 0 Å². The van der Waals surface area contributed by atoms with Gasteiger partial charge in [0.2, 0.25) is 0 Å². The van der Waals surface area contributed by atoms with Crippen molar-refractivity contribution in [2.45, 2.75) is 26.4 Å². The first-order valence-corrected chi connectivity index (χ1v) is 11.0. The lowest BCUT2D eigenvalue weighted by molar-refractivity contribution is -0.137. The van der Waals surface area contributed by atoms with Crippen LogP contribution < -0.4 is 10.1 Å². The fraction of sp³-hybridized carbons (Fsp3) is 0.200. The van der Waals surface area contributed by atoms with Gasteiger partial charge in [-0.25, -0.2) is 0 Å². The van der Waals surface area contributed by atoms with Crippen molar-refractivity contribution in [3.05, 3.63) is 92.5 Å². The third-order valence-corrected chi connectivity index (χ3v) is 5.72. The lowest BCUT2D eigenvalue weighted by atomic mass is 9.99. The Morgan fingerprint density at radius 1 is 0.971 bits per heavy atom. The first-order chi connectivity index (χ1) is 16.0. The summed E-state index contributed by atoms with van der Waals surface area (Å²) in [6.45, 7) is 3.78. The Bertz CT molecular complexity index is 1240. The number of anilines is 1. The molecule has 0 aromatic heterocycles. The van der Waals surface area contributed by atoms with Gasteiger partial charge in [-0.2, -0.15) is 13.2 Å². The van der Waals surface area contributed by atoms with Gasteiger partial charge >= 0.3 is 6.18 Å². The lowest BCUT2D eigenvalue weighted by Gasteiger charge is -2.13. The molecule has 0 atom stereocenters. The van der Waals surface area contributed by atoms with Gasteiger partial charge in [-0.1, -0.05) is 35.3 Å². The Morgan fingerprint density at radius 3 is 2.32 bits per heavy atom. The van der Waals surface area contributed by atoms with Crippen molar-refractivity contribution in [2.24, 2.45) is 0 Å². The monoisotopic (exact) mass is 509 g/mol. The number of aryl methyl sites for hydroxylation is 1. The van der Waals surface area contributed by atoms with Crippen molar-refractivity contribution in [3.8, 4) is 5.75 Å². The van der Waals surface area contributed by atoms with Gasteiger partial charge in [0.15, 0.2) is 5.78 Å². The molecule has 3 rings (SSSR count). The zero-order valence-corrected chi connectivity index (χ0v) is 19.7. The molecule has 0 spiro atoms. The molecule has 9 heteroatoms. The van der Waals surface area contributed by atoms with Crippen LogP contribution in [0.2, 0.25) is 10.0 Å². The lowest BCUT2D eigenvalue weighted by Crippen LogP contribution is -2.15. The third kappa shape index (κ3) is 6.10. The van der Waals surface area contributed by atoms with Crippen LogP contribution in [0.4, 0.5) is 18.9 Å². The largest absolute Gasteiger partial charge is 0.493 e. The van der Waals surface area contributed by atoms with Crippen LogP contribution in [0.1, 0.15) is 44.3 Å². The minimum absolute atomic E-state index is 0.166. The van der Waals surface area contributed by atoms with Crippen LogP contribution in [-0.4, -0.2) is 18.3 Å². The summed E-state index contributed by atoms with van der Waals surface area (Å²) in [5.41, 5.74) is 0.903. The van der Waals surface area contributed by atoms with E-state index >= 15 is 0 Å². The normalized spacial score (nSPS) is 11.3. The Morgan fingerprint density at radius 2 is 1.68 bits per heavy atom. The first-order valence-electron chi connectivity index (χ1n) is 10.2. The fourth-order valence-corrected chi connectivity index (χ4v) is 3.61. The second-order valence-electron chi connectivity index (χ2n) is 7.47. The van der Waals surface area contributed by atoms with Crippen molar-refractivity contribution < 1.29 is 27.5 Å². The van der Waals surface area contributed by atoms with E-state index in [0.29, 0.717) is 10.7 Å². The average Bonchev–Trinajstić information content (AvgIpc) is 2.77. The van der Waals surface area contributed by atoms with Crippen molar-refractivity contribution in [1.29, 1.82) is 0 Å². The SMILES string of the molecule is CCOc1cc(C(=O)Cc2ccc(Cl)c(C(F)(F)F)c2)ccc1C(=O)Nc1ccc(Cl)c(C)c1. The van der Waals surface area contributed by atoms with Crippen LogP contribution in [0.5, 0.6) is 5.75 Å². The maximum absolute atomic E-state index is 13.1. The number of alkyl halides is 3. The third-order valence-electron chi connectivity index (χ3n) is 4.96. The minimum Gasteiger partial charge on any atom is -0.493 e. The number of amides is 1. The van der Waals surface area contributed by atoms with Crippen molar-refractivity contribution >= 4 is 40.6 Å². The Kier molecular flexibility index (Phi) is 7.89. The Balaban J connectivity index is 1.84. The summed E-state index contributed by atoms with van der Waals surface area (Å²) < 4.78 is 44.9. The Hall–Kier alpha value is -3.03. The molecule has 0 heterocycles. The molecule has 0 aliphatic carbocycles. The smallest absolute Gasteiger partial charge is 0.417 e. The van der Waals surface area contributed by atoms with Crippen LogP contribution in [-0.2, 0) is 12.6 Å².